The Bertz CT molecular complexity index is 487. The molecule has 3 heteroatoms. The molecule has 16 heavy (non-hydrogen) atoms. The van der Waals surface area contributed by atoms with E-state index in [9.17, 15) is 9.18 Å². The highest BCUT2D eigenvalue weighted by atomic mass is 19.1. The smallest absolute Gasteiger partial charge is 0.313 e. The second kappa shape index (κ2) is 3.44. The summed E-state index contributed by atoms with van der Waals surface area (Å²) in [5, 5.41) is 9.16. The summed E-state index contributed by atoms with van der Waals surface area (Å²) < 4.78 is 13.5. The van der Waals surface area contributed by atoms with E-state index in [1.165, 1.54) is 6.07 Å². The summed E-state index contributed by atoms with van der Waals surface area (Å²) in [5.41, 5.74) is 1.06. The first kappa shape index (κ1) is 10.9. The molecule has 1 aromatic rings. The van der Waals surface area contributed by atoms with Gasteiger partial charge in [0.05, 0.1) is 5.41 Å². The van der Waals surface area contributed by atoms with Gasteiger partial charge in [0.2, 0.25) is 0 Å². The SMILES string of the molecule is CC(C)(C(=O)O)C1=CCc2c(F)cccc21. The average Bonchev–Trinajstić information content (AvgIpc) is 2.63. The Morgan fingerprint density at radius 1 is 1.44 bits per heavy atom. The molecule has 0 amide bonds. The third-order valence-corrected chi connectivity index (χ3v) is 3.13. The Hall–Kier alpha value is -1.64. The number of allylic oxidation sites excluding steroid dienone is 1. The zero-order valence-corrected chi connectivity index (χ0v) is 9.25. The van der Waals surface area contributed by atoms with Crippen LogP contribution in [-0.2, 0) is 11.2 Å². The molecule has 0 heterocycles. The van der Waals surface area contributed by atoms with Gasteiger partial charge in [-0.2, -0.15) is 0 Å². The van der Waals surface area contributed by atoms with Crippen LogP contribution in [0.5, 0.6) is 0 Å². The molecular weight excluding hydrogens is 207 g/mol. The number of rotatable bonds is 2. The molecule has 0 radical (unpaired) electrons. The molecule has 84 valence electrons. The fourth-order valence-electron chi connectivity index (χ4n) is 2.04. The molecule has 1 aromatic carbocycles. The summed E-state index contributed by atoms with van der Waals surface area (Å²) in [7, 11) is 0. The van der Waals surface area contributed by atoms with E-state index in [0.29, 0.717) is 17.6 Å². The lowest BCUT2D eigenvalue weighted by molar-refractivity contribution is -0.143. The van der Waals surface area contributed by atoms with Gasteiger partial charge in [0.15, 0.2) is 0 Å². The van der Waals surface area contributed by atoms with Crippen molar-refractivity contribution in [3.05, 3.63) is 41.2 Å². The first-order valence-electron chi connectivity index (χ1n) is 5.16. The van der Waals surface area contributed by atoms with E-state index in [4.69, 9.17) is 5.11 Å². The molecule has 0 unspecified atom stereocenters. The molecular formula is C13H13FO2. The van der Waals surface area contributed by atoms with Gasteiger partial charge in [0, 0.05) is 0 Å². The van der Waals surface area contributed by atoms with Crippen LogP contribution in [0.3, 0.4) is 0 Å². The number of hydrogen-bond acceptors (Lipinski definition) is 1. The number of halogens is 1. The maximum Gasteiger partial charge on any atom is 0.313 e. The highest BCUT2D eigenvalue weighted by Gasteiger charge is 2.35. The Kier molecular flexibility index (Phi) is 2.34. The normalized spacial score (nSPS) is 14.6. The lowest BCUT2D eigenvalue weighted by Gasteiger charge is -2.22. The number of benzene rings is 1. The van der Waals surface area contributed by atoms with Crippen LogP contribution in [0.4, 0.5) is 4.39 Å². The summed E-state index contributed by atoms with van der Waals surface area (Å²) in [4.78, 5) is 11.2. The predicted octanol–water partition coefficient (Wildman–Crippen LogP) is 2.88. The third kappa shape index (κ3) is 1.43. The molecule has 0 spiro atoms. The number of fused-ring (bicyclic) bond motifs is 1. The number of carboxylic acid groups (broad SMARTS) is 1. The summed E-state index contributed by atoms with van der Waals surface area (Å²) in [6, 6.07) is 4.80. The van der Waals surface area contributed by atoms with E-state index in [1.54, 1.807) is 26.0 Å². The van der Waals surface area contributed by atoms with Gasteiger partial charge in [-0.05, 0) is 43.0 Å². The number of hydrogen-bond donors (Lipinski definition) is 1. The van der Waals surface area contributed by atoms with Crippen molar-refractivity contribution in [1.29, 1.82) is 0 Å². The molecule has 1 N–H and O–H groups in total. The van der Waals surface area contributed by atoms with E-state index in [0.717, 1.165) is 5.56 Å². The molecule has 0 fully saturated rings. The fraction of sp³-hybridized carbons (Fsp3) is 0.308. The van der Waals surface area contributed by atoms with Crippen molar-refractivity contribution >= 4 is 11.5 Å². The van der Waals surface area contributed by atoms with Crippen LogP contribution in [0.25, 0.3) is 5.57 Å². The van der Waals surface area contributed by atoms with Gasteiger partial charge >= 0.3 is 5.97 Å². The number of carbonyl (C=O) groups is 1. The summed E-state index contributed by atoms with van der Waals surface area (Å²) in [5.74, 6) is -1.15. The standard InChI is InChI=1S/C13H13FO2/c1-13(2,12(15)16)10-7-6-9-8(10)4-3-5-11(9)14/h3-5,7H,6H2,1-2H3,(H,15,16). The minimum atomic E-state index is -0.973. The Labute approximate surface area is 93.4 Å². The van der Waals surface area contributed by atoms with E-state index in [-0.39, 0.29) is 5.82 Å². The highest BCUT2D eigenvalue weighted by molar-refractivity contribution is 5.93. The van der Waals surface area contributed by atoms with Crippen molar-refractivity contribution in [3.8, 4) is 0 Å². The summed E-state index contributed by atoms with van der Waals surface area (Å²) >= 11 is 0. The molecule has 0 bridgehead atoms. The van der Waals surface area contributed by atoms with Crippen molar-refractivity contribution in [2.45, 2.75) is 20.3 Å². The van der Waals surface area contributed by atoms with Gasteiger partial charge in [0.1, 0.15) is 5.82 Å². The zero-order valence-electron chi connectivity index (χ0n) is 9.25. The molecule has 2 nitrogen and oxygen atoms in total. The second-order valence-electron chi connectivity index (χ2n) is 4.52. The van der Waals surface area contributed by atoms with Gasteiger partial charge in [-0.15, -0.1) is 0 Å². The topological polar surface area (TPSA) is 37.3 Å². The minimum Gasteiger partial charge on any atom is -0.481 e. The first-order valence-corrected chi connectivity index (χ1v) is 5.16. The fourth-order valence-corrected chi connectivity index (χ4v) is 2.04. The van der Waals surface area contributed by atoms with E-state index < -0.39 is 11.4 Å². The van der Waals surface area contributed by atoms with Crippen molar-refractivity contribution in [1.82, 2.24) is 0 Å². The van der Waals surface area contributed by atoms with Gasteiger partial charge < -0.3 is 5.11 Å². The highest BCUT2D eigenvalue weighted by Crippen LogP contribution is 2.41. The second-order valence-corrected chi connectivity index (χ2v) is 4.52. The van der Waals surface area contributed by atoms with Crippen LogP contribution in [0.15, 0.2) is 24.3 Å². The van der Waals surface area contributed by atoms with Crippen LogP contribution in [-0.4, -0.2) is 11.1 Å². The van der Waals surface area contributed by atoms with E-state index in [2.05, 4.69) is 0 Å². The Balaban J connectivity index is 2.52. The van der Waals surface area contributed by atoms with Gasteiger partial charge in [-0.25, -0.2) is 4.39 Å². The average molecular weight is 220 g/mol. The largest absolute Gasteiger partial charge is 0.481 e. The minimum absolute atomic E-state index is 0.259. The van der Waals surface area contributed by atoms with Gasteiger partial charge in [-0.1, -0.05) is 18.2 Å². The molecule has 0 aliphatic heterocycles. The number of aliphatic carboxylic acids is 1. The monoisotopic (exact) mass is 220 g/mol. The maximum absolute atomic E-state index is 13.5. The van der Waals surface area contributed by atoms with Crippen LogP contribution >= 0.6 is 0 Å². The molecule has 1 aliphatic carbocycles. The Morgan fingerprint density at radius 2 is 2.12 bits per heavy atom. The first-order chi connectivity index (χ1) is 7.44. The van der Waals surface area contributed by atoms with Crippen molar-refractivity contribution in [2.24, 2.45) is 5.41 Å². The van der Waals surface area contributed by atoms with Crippen LogP contribution < -0.4 is 0 Å². The lowest BCUT2D eigenvalue weighted by atomic mass is 9.81. The number of carboxylic acids is 1. The van der Waals surface area contributed by atoms with Crippen LogP contribution in [0.2, 0.25) is 0 Å². The van der Waals surface area contributed by atoms with Crippen molar-refractivity contribution < 1.29 is 14.3 Å². The summed E-state index contributed by atoms with van der Waals surface area (Å²) in [6.45, 7) is 3.28. The molecule has 0 saturated heterocycles. The molecule has 0 aromatic heterocycles. The van der Waals surface area contributed by atoms with Crippen LogP contribution in [0.1, 0.15) is 25.0 Å². The molecule has 0 saturated carbocycles. The van der Waals surface area contributed by atoms with Crippen LogP contribution in [0, 0.1) is 11.2 Å². The predicted molar refractivity (Wildman–Crippen MR) is 59.5 cm³/mol. The van der Waals surface area contributed by atoms with Crippen molar-refractivity contribution in [2.75, 3.05) is 0 Å². The Morgan fingerprint density at radius 3 is 2.75 bits per heavy atom. The van der Waals surface area contributed by atoms with E-state index >= 15 is 0 Å². The van der Waals surface area contributed by atoms with Crippen molar-refractivity contribution in [3.63, 3.8) is 0 Å². The maximum atomic E-state index is 13.5. The van der Waals surface area contributed by atoms with Gasteiger partial charge in [-0.3, -0.25) is 4.79 Å². The molecule has 1 aliphatic rings. The van der Waals surface area contributed by atoms with Gasteiger partial charge in [0.25, 0.3) is 0 Å². The third-order valence-electron chi connectivity index (χ3n) is 3.13. The summed E-state index contributed by atoms with van der Waals surface area (Å²) in [6.07, 6.45) is 2.29. The van der Waals surface area contributed by atoms with E-state index in [1.807, 2.05) is 6.08 Å². The lowest BCUT2D eigenvalue weighted by Crippen LogP contribution is -2.24. The zero-order chi connectivity index (χ0) is 11.9. The molecule has 0 atom stereocenters. The molecule has 2 rings (SSSR count). The quantitative estimate of drug-likeness (QED) is 0.832.